The lowest BCUT2D eigenvalue weighted by Gasteiger charge is -2.22. The number of hydrogen-bond donors (Lipinski definition) is 2. The van der Waals surface area contributed by atoms with Gasteiger partial charge in [-0.15, -0.1) is 11.3 Å². The largest absolute Gasteiger partial charge is 0.454 e. The standard InChI is InChI=1S/C23H17FN4O4S/c1-23(14-6-8-15(24)9-7-14)20(30)28(22(31)27-23)11-19(29)26-21-25-16(12-33-21)18-10-13-4-2-3-5-17(13)32-18/h2-10,12H,11H2,1H3,(H,27,31)(H,25,26,29). The summed E-state index contributed by atoms with van der Waals surface area (Å²) in [5.41, 5.74) is 0.320. The number of nitrogens with one attached hydrogen (secondary N) is 2. The van der Waals surface area contributed by atoms with E-state index < -0.39 is 35.7 Å². The summed E-state index contributed by atoms with van der Waals surface area (Å²) in [6, 6.07) is 14.0. The fraction of sp³-hybridized carbons (Fsp3) is 0.130. The van der Waals surface area contributed by atoms with Gasteiger partial charge in [-0.1, -0.05) is 30.3 Å². The lowest BCUT2D eigenvalue weighted by molar-refractivity contribution is -0.133. The van der Waals surface area contributed by atoms with E-state index in [2.05, 4.69) is 15.6 Å². The van der Waals surface area contributed by atoms with Crippen LogP contribution in [0.25, 0.3) is 22.4 Å². The van der Waals surface area contributed by atoms with Crippen LogP contribution >= 0.6 is 11.3 Å². The predicted molar refractivity (Wildman–Crippen MR) is 120 cm³/mol. The second-order valence-corrected chi connectivity index (χ2v) is 8.55. The maximum atomic E-state index is 13.2. The number of aromatic nitrogens is 1. The van der Waals surface area contributed by atoms with Crippen molar-refractivity contribution in [3.8, 4) is 11.5 Å². The molecule has 1 unspecified atom stereocenters. The summed E-state index contributed by atoms with van der Waals surface area (Å²) in [5.74, 6) is -1.07. The number of carbonyl (C=O) groups is 3. The quantitative estimate of drug-likeness (QED) is 0.433. The number of fused-ring (bicyclic) bond motifs is 1. The van der Waals surface area contributed by atoms with Crippen LogP contribution in [-0.2, 0) is 15.1 Å². The summed E-state index contributed by atoms with van der Waals surface area (Å²) < 4.78 is 19.0. The maximum Gasteiger partial charge on any atom is 0.325 e. The molecule has 8 nitrogen and oxygen atoms in total. The lowest BCUT2D eigenvalue weighted by atomic mass is 9.92. The van der Waals surface area contributed by atoms with E-state index in [0.717, 1.165) is 15.9 Å². The minimum Gasteiger partial charge on any atom is -0.454 e. The van der Waals surface area contributed by atoms with Crippen LogP contribution in [0.3, 0.4) is 0 Å². The topological polar surface area (TPSA) is 105 Å². The fourth-order valence-electron chi connectivity index (χ4n) is 3.67. The summed E-state index contributed by atoms with van der Waals surface area (Å²) in [7, 11) is 0. The van der Waals surface area contributed by atoms with Crippen LogP contribution in [-0.4, -0.2) is 34.3 Å². The number of anilines is 1. The zero-order valence-corrected chi connectivity index (χ0v) is 18.1. The number of imide groups is 1. The number of carbonyl (C=O) groups excluding carboxylic acids is 3. The molecule has 1 atom stereocenters. The molecule has 2 N–H and O–H groups in total. The van der Waals surface area contributed by atoms with Crippen LogP contribution in [0.4, 0.5) is 14.3 Å². The van der Waals surface area contributed by atoms with E-state index in [1.54, 1.807) is 5.38 Å². The average Bonchev–Trinajstić information content (AvgIpc) is 3.48. The Balaban J connectivity index is 1.28. The molecular weight excluding hydrogens is 447 g/mol. The smallest absolute Gasteiger partial charge is 0.325 e. The van der Waals surface area contributed by atoms with E-state index in [1.807, 2.05) is 30.3 Å². The molecule has 0 radical (unpaired) electrons. The van der Waals surface area contributed by atoms with E-state index in [-0.39, 0.29) is 0 Å². The molecule has 4 aromatic rings. The number of benzene rings is 2. The highest BCUT2D eigenvalue weighted by molar-refractivity contribution is 7.14. The molecule has 5 rings (SSSR count). The molecular formula is C23H17FN4O4S. The number of hydrogen-bond acceptors (Lipinski definition) is 6. The third-order valence-corrected chi connectivity index (χ3v) is 6.18. The fourth-order valence-corrected chi connectivity index (χ4v) is 4.39. The highest BCUT2D eigenvalue weighted by Gasteiger charge is 2.49. The van der Waals surface area contributed by atoms with Gasteiger partial charge in [-0.3, -0.25) is 14.5 Å². The highest BCUT2D eigenvalue weighted by atomic mass is 32.1. The van der Waals surface area contributed by atoms with Gasteiger partial charge in [0.25, 0.3) is 5.91 Å². The number of nitrogens with zero attached hydrogens (tertiary/aromatic N) is 2. The van der Waals surface area contributed by atoms with Crippen LogP contribution in [0.15, 0.2) is 64.4 Å². The molecule has 1 aliphatic rings. The van der Waals surface area contributed by atoms with Gasteiger partial charge < -0.3 is 15.1 Å². The van der Waals surface area contributed by atoms with E-state index in [4.69, 9.17) is 4.42 Å². The number of para-hydroxylation sites is 1. The summed E-state index contributed by atoms with van der Waals surface area (Å²) >= 11 is 1.20. The molecule has 166 valence electrons. The monoisotopic (exact) mass is 464 g/mol. The Morgan fingerprint density at radius 1 is 1.21 bits per heavy atom. The second-order valence-electron chi connectivity index (χ2n) is 7.69. The lowest BCUT2D eigenvalue weighted by Crippen LogP contribution is -2.42. The van der Waals surface area contributed by atoms with Crippen LogP contribution in [0.1, 0.15) is 12.5 Å². The van der Waals surface area contributed by atoms with Crippen molar-refractivity contribution >= 4 is 45.3 Å². The van der Waals surface area contributed by atoms with E-state index in [0.29, 0.717) is 22.1 Å². The van der Waals surface area contributed by atoms with Crippen LogP contribution in [0.2, 0.25) is 0 Å². The molecule has 0 bridgehead atoms. The number of halogens is 1. The van der Waals surface area contributed by atoms with Gasteiger partial charge in [-0.25, -0.2) is 14.2 Å². The van der Waals surface area contributed by atoms with Gasteiger partial charge in [0, 0.05) is 10.8 Å². The van der Waals surface area contributed by atoms with Crippen molar-refractivity contribution in [2.45, 2.75) is 12.5 Å². The van der Waals surface area contributed by atoms with Gasteiger partial charge in [0.05, 0.1) is 0 Å². The van der Waals surface area contributed by atoms with Gasteiger partial charge in [0.1, 0.15) is 29.2 Å². The van der Waals surface area contributed by atoms with Crippen molar-refractivity contribution < 1.29 is 23.2 Å². The first kappa shape index (κ1) is 20.8. The summed E-state index contributed by atoms with van der Waals surface area (Å²) in [6.07, 6.45) is 0. The average molecular weight is 464 g/mol. The van der Waals surface area contributed by atoms with E-state index in [9.17, 15) is 18.8 Å². The number of rotatable bonds is 5. The molecule has 0 aliphatic carbocycles. The first-order chi connectivity index (χ1) is 15.8. The molecule has 2 aromatic heterocycles. The van der Waals surface area contributed by atoms with Gasteiger partial charge >= 0.3 is 6.03 Å². The van der Waals surface area contributed by atoms with Gasteiger partial charge in [0.15, 0.2) is 10.9 Å². The van der Waals surface area contributed by atoms with Crippen LogP contribution in [0, 0.1) is 5.82 Å². The Bertz CT molecular complexity index is 1360. The van der Waals surface area contributed by atoms with Crippen molar-refractivity contribution in [1.82, 2.24) is 15.2 Å². The normalized spacial score (nSPS) is 18.1. The molecule has 4 amide bonds. The number of amides is 4. The first-order valence-electron chi connectivity index (χ1n) is 9.98. The van der Waals surface area contributed by atoms with Crippen molar-refractivity contribution in [2.24, 2.45) is 0 Å². The van der Waals surface area contributed by atoms with Crippen LogP contribution in [0.5, 0.6) is 0 Å². The minimum atomic E-state index is -1.39. The summed E-state index contributed by atoms with van der Waals surface area (Å²) in [4.78, 5) is 43.1. The summed E-state index contributed by atoms with van der Waals surface area (Å²) in [6.45, 7) is 1.03. The van der Waals surface area contributed by atoms with Crippen molar-refractivity contribution in [3.63, 3.8) is 0 Å². The molecule has 2 aromatic carbocycles. The zero-order chi connectivity index (χ0) is 23.2. The van der Waals surface area contributed by atoms with Crippen molar-refractivity contribution in [2.75, 3.05) is 11.9 Å². The van der Waals surface area contributed by atoms with Crippen molar-refractivity contribution in [3.05, 3.63) is 71.4 Å². The molecule has 33 heavy (non-hydrogen) atoms. The molecule has 0 saturated carbocycles. The third-order valence-electron chi connectivity index (χ3n) is 5.43. The van der Waals surface area contributed by atoms with Crippen molar-refractivity contribution in [1.29, 1.82) is 0 Å². The molecule has 1 saturated heterocycles. The Hall–Kier alpha value is -4.05. The second kappa shape index (κ2) is 7.82. The maximum absolute atomic E-state index is 13.2. The Kier molecular flexibility index (Phi) is 4.94. The number of furan rings is 1. The molecule has 1 aliphatic heterocycles. The molecule has 3 heterocycles. The number of urea groups is 1. The third kappa shape index (κ3) is 3.74. The first-order valence-corrected chi connectivity index (χ1v) is 10.9. The Morgan fingerprint density at radius 2 is 1.97 bits per heavy atom. The SMILES string of the molecule is CC1(c2ccc(F)cc2)NC(=O)N(CC(=O)Nc2nc(-c3cc4ccccc4o3)cs2)C1=O. The predicted octanol–water partition coefficient (Wildman–Crippen LogP) is 4.10. The highest BCUT2D eigenvalue weighted by Crippen LogP contribution is 2.31. The molecule has 10 heteroatoms. The summed E-state index contributed by atoms with van der Waals surface area (Å²) in [5, 5.41) is 8.19. The van der Waals surface area contributed by atoms with Gasteiger partial charge in [0.2, 0.25) is 5.91 Å². The van der Waals surface area contributed by atoms with E-state index >= 15 is 0 Å². The zero-order valence-electron chi connectivity index (χ0n) is 17.3. The molecule has 0 spiro atoms. The minimum absolute atomic E-state index is 0.309. The number of thiazole rings is 1. The van der Waals surface area contributed by atoms with Gasteiger partial charge in [-0.05, 0) is 36.8 Å². The van der Waals surface area contributed by atoms with Crippen LogP contribution < -0.4 is 10.6 Å². The Morgan fingerprint density at radius 3 is 2.73 bits per heavy atom. The Labute approximate surface area is 191 Å². The van der Waals surface area contributed by atoms with E-state index in [1.165, 1.54) is 42.5 Å². The molecule has 1 fully saturated rings. The van der Waals surface area contributed by atoms with Gasteiger partial charge in [-0.2, -0.15) is 0 Å².